The standard InChI is InChI=1S/C22H26BrN6O6P/c1-13(21(30)33-3)28-36(31,35-17-6-4-5-15(23)10-17)34-11-14-7-8-16(9-14)29-12-25-18-19(29)26-22(24)27-20(18)32-2/h4-8,10,12-14,16H,9,11H2,1-3H3,(H,28,31)(H2,24,26,27)/t13-,14+,16-,36?/m0/s1. The van der Waals surface area contributed by atoms with Crippen molar-refractivity contribution in [2.75, 3.05) is 26.6 Å². The summed E-state index contributed by atoms with van der Waals surface area (Å²) in [6, 6.07) is 5.83. The Morgan fingerprint density at radius 2 is 2.14 bits per heavy atom. The molecule has 0 saturated heterocycles. The van der Waals surface area contributed by atoms with Gasteiger partial charge in [0.15, 0.2) is 11.2 Å². The van der Waals surface area contributed by atoms with E-state index in [4.69, 9.17) is 24.3 Å². The van der Waals surface area contributed by atoms with E-state index in [2.05, 4.69) is 36.0 Å². The Bertz CT molecular complexity index is 1330. The van der Waals surface area contributed by atoms with E-state index in [1.807, 2.05) is 16.7 Å². The number of hydrogen-bond donors (Lipinski definition) is 2. The van der Waals surface area contributed by atoms with Crippen molar-refractivity contribution in [2.24, 2.45) is 5.92 Å². The molecule has 4 rings (SSSR count). The highest BCUT2D eigenvalue weighted by atomic mass is 79.9. The first-order valence-corrected chi connectivity index (χ1v) is 13.3. The van der Waals surface area contributed by atoms with Gasteiger partial charge in [-0.15, -0.1) is 0 Å². The summed E-state index contributed by atoms with van der Waals surface area (Å²) in [6.45, 7) is 1.59. The fraction of sp³-hybridized carbons (Fsp3) is 0.364. The van der Waals surface area contributed by atoms with Crippen molar-refractivity contribution in [1.82, 2.24) is 24.6 Å². The van der Waals surface area contributed by atoms with Crippen LogP contribution < -0.4 is 20.1 Å². The van der Waals surface area contributed by atoms with Crippen LogP contribution in [0.15, 0.2) is 47.2 Å². The minimum atomic E-state index is -3.95. The lowest BCUT2D eigenvalue weighted by Gasteiger charge is -2.24. The maximum atomic E-state index is 13.6. The molecule has 1 aliphatic rings. The smallest absolute Gasteiger partial charge is 0.459 e. The van der Waals surface area contributed by atoms with Crippen LogP contribution in [0.1, 0.15) is 19.4 Å². The van der Waals surface area contributed by atoms with Gasteiger partial charge < -0.3 is 24.3 Å². The van der Waals surface area contributed by atoms with Gasteiger partial charge in [0.2, 0.25) is 11.8 Å². The summed E-state index contributed by atoms with van der Waals surface area (Å²) in [5, 5.41) is 2.66. The van der Waals surface area contributed by atoms with E-state index >= 15 is 0 Å². The van der Waals surface area contributed by atoms with Gasteiger partial charge in [0.1, 0.15) is 11.8 Å². The second-order valence-electron chi connectivity index (χ2n) is 8.08. The summed E-state index contributed by atoms with van der Waals surface area (Å²) >= 11 is 3.36. The number of carbonyl (C=O) groups excluding carboxylic acids is 1. The number of benzene rings is 1. The normalized spacial score (nSPS) is 19.7. The third-order valence-corrected chi connectivity index (χ3v) is 7.63. The number of fused-ring (bicyclic) bond motifs is 1. The lowest BCUT2D eigenvalue weighted by molar-refractivity contribution is -0.142. The molecule has 0 aliphatic heterocycles. The highest BCUT2D eigenvalue weighted by Gasteiger charge is 2.34. The van der Waals surface area contributed by atoms with Crippen LogP contribution in [-0.2, 0) is 18.6 Å². The van der Waals surface area contributed by atoms with Crippen LogP contribution in [0.3, 0.4) is 0 Å². The molecule has 0 bridgehead atoms. The van der Waals surface area contributed by atoms with Gasteiger partial charge in [-0.1, -0.05) is 34.1 Å². The average Bonchev–Trinajstić information content (AvgIpc) is 3.48. The van der Waals surface area contributed by atoms with E-state index in [1.165, 1.54) is 21.1 Å². The van der Waals surface area contributed by atoms with Crippen LogP contribution in [0.4, 0.5) is 5.95 Å². The molecule has 0 fully saturated rings. The van der Waals surface area contributed by atoms with E-state index in [-0.39, 0.29) is 24.5 Å². The maximum Gasteiger partial charge on any atom is 0.459 e. The first-order valence-electron chi connectivity index (χ1n) is 11.0. The molecular weight excluding hydrogens is 555 g/mol. The molecule has 1 aromatic carbocycles. The van der Waals surface area contributed by atoms with Crippen molar-refractivity contribution >= 4 is 46.8 Å². The molecule has 2 aromatic heterocycles. The van der Waals surface area contributed by atoms with E-state index in [0.29, 0.717) is 29.2 Å². The molecule has 1 unspecified atom stereocenters. The molecule has 3 N–H and O–H groups in total. The number of imidazole rings is 1. The molecule has 3 aromatic rings. The number of carbonyl (C=O) groups is 1. The summed E-state index contributed by atoms with van der Waals surface area (Å²) < 4.78 is 37.7. The molecule has 0 saturated carbocycles. The van der Waals surface area contributed by atoms with E-state index in [0.717, 1.165) is 4.47 Å². The number of methoxy groups -OCH3 is 2. The number of allylic oxidation sites excluding steroid dienone is 1. The minimum absolute atomic E-state index is 0.0756. The van der Waals surface area contributed by atoms with Crippen LogP contribution in [0, 0.1) is 5.92 Å². The van der Waals surface area contributed by atoms with E-state index in [1.54, 1.807) is 30.6 Å². The summed E-state index contributed by atoms with van der Waals surface area (Å²) in [7, 11) is -1.21. The minimum Gasteiger partial charge on any atom is -0.479 e. The van der Waals surface area contributed by atoms with Crippen molar-refractivity contribution in [3.63, 3.8) is 0 Å². The number of esters is 1. The Morgan fingerprint density at radius 3 is 2.86 bits per heavy atom. The molecular formula is C22H26BrN6O6P. The van der Waals surface area contributed by atoms with Crippen molar-refractivity contribution in [2.45, 2.75) is 25.4 Å². The van der Waals surface area contributed by atoms with Gasteiger partial charge in [-0.05, 0) is 31.5 Å². The number of hydrogen-bond acceptors (Lipinski definition) is 10. The summed E-state index contributed by atoms with van der Waals surface area (Å²) in [4.78, 5) is 24.7. The largest absolute Gasteiger partial charge is 0.479 e. The third kappa shape index (κ3) is 5.86. The zero-order valence-electron chi connectivity index (χ0n) is 19.8. The molecule has 36 heavy (non-hydrogen) atoms. The van der Waals surface area contributed by atoms with Gasteiger partial charge >= 0.3 is 13.7 Å². The Balaban J connectivity index is 1.47. The third-order valence-electron chi connectivity index (χ3n) is 5.49. The van der Waals surface area contributed by atoms with Gasteiger partial charge in [0.25, 0.3) is 0 Å². The van der Waals surface area contributed by atoms with E-state index < -0.39 is 19.8 Å². The van der Waals surface area contributed by atoms with Crippen LogP contribution in [0.2, 0.25) is 0 Å². The number of ether oxygens (including phenoxy) is 2. The number of nitrogen functional groups attached to an aromatic ring is 1. The Labute approximate surface area is 215 Å². The van der Waals surface area contributed by atoms with Crippen molar-refractivity contribution in [1.29, 1.82) is 0 Å². The molecule has 0 radical (unpaired) electrons. The molecule has 12 nitrogen and oxygen atoms in total. The number of nitrogens with zero attached hydrogens (tertiary/aromatic N) is 4. The first-order chi connectivity index (χ1) is 17.2. The van der Waals surface area contributed by atoms with Gasteiger partial charge in [0, 0.05) is 10.4 Å². The van der Waals surface area contributed by atoms with Crippen LogP contribution >= 0.6 is 23.7 Å². The van der Waals surface area contributed by atoms with Crippen molar-refractivity contribution < 1.29 is 27.9 Å². The second kappa shape index (κ2) is 11.0. The van der Waals surface area contributed by atoms with Crippen molar-refractivity contribution in [3.05, 3.63) is 47.2 Å². The number of rotatable bonds is 10. The molecule has 192 valence electrons. The predicted octanol–water partition coefficient (Wildman–Crippen LogP) is 3.65. The molecule has 0 spiro atoms. The number of nitrogens with one attached hydrogen (secondary N) is 1. The second-order valence-corrected chi connectivity index (χ2v) is 10.7. The average molecular weight is 581 g/mol. The lowest BCUT2D eigenvalue weighted by Crippen LogP contribution is -2.34. The Kier molecular flexibility index (Phi) is 7.94. The molecule has 4 atom stereocenters. The summed E-state index contributed by atoms with van der Waals surface area (Å²) in [5.41, 5.74) is 6.88. The molecule has 0 amide bonds. The van der Waals surface area contributed by atoms with Crippen LogP contribution in [-0.4, -0.2) is 52.4 Å². The predicted molar refractivity (Wildman–Crippen MR) is 136 cm³/mol. The number of aromatic nitrogens is 4. The molecule has 14 heteroatoms. The highest BCUT2D eigenvalue weighted by molar-refractivity contribution is 9.10. The topological polar surface area (TPSA) is 153 Å². The quantitative estimate of drug-likeness (QED) is 0.205. The van der Waals surface area contributed by atoms with Gasteiger partial charge in [0.05, 0.1) is 33.2 Å². The zero-order valence-corrected chi connectivity index (χ0v) is 22.3. The maximum absolute atomic E-state index is 13.6. The van der Waals surface area contributed by atoms with E-state index in [9.17, 15) is 9.36 Å². The van der Waals surface area contributed by atoms with Gasteiger partial charge in [-0.25, -0.2) is 9.55 Å². The fourth-order valence-electron chi connectivity index (χ4n) is 3.79. The zero-order chi connectivity index (χ0) is 25.9. The monoisotopic (exact) mass is 580 g/mol. The highest BCUT2D eigenvalue weighted by Crippen LogP contribution is 2.46. The number of anilines is 1. The first kappa shape index (κ1) is 26.1. The summed E-state index contributed by atoms with van der Waals surface area (Å²) in [6.07, 6.45) is 6.23. The lowest BCUT2D eigenvalue weighted by atomic mass is 10.1. The SMILES string of the molecule is COC(=O)[C@H](C)NP(=O)(OC[C@@H]1C=C[C@H](n2cnc3c(OC)nc(N)nc32)C1)Oc1cccc(Br)c1. The van der Waals surface area contributed by atoms with Gasteiger partial charge in [-0.3, -0.25) is 9.32 Å². The van der Waals surface area contributed by atoms with Gasteiger partial charge in [-0.2, -0.15) is 15.1 Å². The summed E-state index contributed by atoms with van der Waals surface area (Å²) in [5.74, 6) is 0.00605. The molecule has 2 heterocycles. The van der Waals surface area contributed by atoms with Crippen molar-refractivity contribution in [3.8, 4) is 11.6 Å². The fourth-order valence-corrected chi connectivity index (χ4v) is 5.70. The Hall–Kier alpha value is -2.99. The van der Waals surface area contributed by atoms with Crippen LogP contribution in [0.25, 0.3) is 11.2 Å². The Morgan fingerprint density at radius 1 is 1.33 bits per heavy atom. The van der Waals surface area contributed by atoms with Crippen LogP contribution in [0.5, 0.6) is 11.6 Å². The number of halogens is 1. The molecule has 1 aliphatic carbocycles. The number of nitrogens with two attached hydrogens (primary N) is 1.